The lowest BCUT2D eigenvalue weighted by atomic mass is 10.2. The van der Waals surface area contributed by atoms with Gasteiger partial charge in [-0.05, 0) is 24.3 Å². The lowest BCUT2D eigenvalue weighted by molar-refractivity contribution is 0.182. The number of aromatic nitrogens is 1. The highest BCUT2D eigenvalue weighted by molar-refractivity contribution is 7.13. The Balaban J connectivity index is 2.06. The molecule has 0 radical (unpaired) electrons. The molecular weight excluding hydrogens is 234 g/mol. The first-order valence-corrected chi connectivity index (χ1v) is 5.90. The molecule has 86 valence electrons. The largest absolute Gasteiger partial charge is 0.378 e. The van der Waals surface area contributed by atoms with Crippen molar-refractivity contribution in [1.82, 2.24) is 4.98 Å². The molecule has 0 aliphatic rings. The van der Waals surface area contributed by atoms with Crippen molar-refractivity contribution in [2.45, 2.75) is 6.61 Å². The Morgan fingerprint density at radius 3 is 2.82 bits per heavy atom. The Kier molecular flexibility index (Phi) is 3.70. The number of nitrogens with zero attached hydrogens (tertiary/aromatic N) is 2. The summed E-state index contributed by atoms with van der Waals surface area (Å²) in [6, 6.07) is 9.34. The third-order valence-electron chi connectivity index (χ3n) is 2.11. The van der Waals surface area contributed by atoms with Gasteiger partial charge in [0.15, 0.2) is 5.13 Å². The molecule has 0 saturated heterocycles. The first-order chi connectivity index (χ1) is 8.31. The molecule has 0 atom stereocenters. The van der Waals surface area contributed by atoms with Gasteiger partial charge in [-0.1, -0.05) is 0 Å². The summed E-state index contributed by atoms with van der Waals surface area (Å²) in [6.07, 6.45) is 0. The van der Waals surface area contributed by atoms with Gasteiger partial charge in [0.1, 0.15) is 0 Å². The molecule has 0 spiro atoms. The van der Waals surface area contributed by atoms with Crippen molar-refractivity contribution in [2.75, 3.05) is 12.4 Å². The summed E-state index contributed by atoms with van der Waals surface area (Å²) in [5.41, 5.74) is 2.48. The van der Waals surface area contributed by atoms with Crippen LogP contribution in [0, 0.1) is 11.3 Å². The van der Waals surface area contributed by atoms with Crippen LogP contribution in [0.2, 0.25) is 0 Å². The minimum absolute atomic E-state index is 0.519. The van der Waals surface area contributed by atoms with E-state index in [1.54, 1.807) is 19.2 Å². The molecule has 0 bridgehead atoms. The summed E-state index contributed by atoms with van der Waals surface area (Å²) < 4.78 is 5.00. The van der Waals surface area contributed by atoms with Crippen LogP contribution in [0.3, 0.4) is 0 Å². The maximum absolute atomic E-state index is 8.69. The minimum Gasteiger partial charge on any atom is -0.378 e. The molecular formula is C12H11N3OS. The van der Waals surface area contributed by atoms with E-state index in [2.05, 4.69) is 16.4 Å². The first-order valence-electron chi connectivity index (χ1n) is 5.02. The van der Waals surface area contributed by atoms with Crippen molar-refractivity contribution in [3.8, 4) is 6.07 Å². The quantitative estimate of drug-likeness (QED) is 0.899. The van der Waals surface area contributed by atoms with Crippen LogP contribution in [-0.4, -0.2) is 12.1 Å². The molecule has 4 nitrogen and oxygen atoms in total. The zero-order valence-corrected chi connectivity index (χ0v) is 10.1. The predicted octanol–water partition coefficient (Wildman–Crippen LogP) is 2.90. The Morgan fingerprint density at radius 2 is 2.18 bits per heavy atom. The Bertz CT molecular complexity index is 527. The number of hydrogen-bond acceptors (Lipinski definition) is 5. The van der Waals surface area contributed by atoms with Crippen LogP contribution in [0.15, 0.2) is 29.6 Å². The summed E-state index contributed by atoms with van der Waals surface area (Å²) in [6.45, 7) is 0.519. The van der Waals surface area contributed by atoms with Gasteiger partial charge in [-0.25, -0.2) is 4.98 Å². The van der Waals surface area contributed by atoms with Gasteiger partial charge >= 0.3 is 0 Å². The second-order valence-corrected chi connectivity index (χ2v) is 4.25. The van der Waals surface area contributed by atoms with Gasteiger partial charge in [-0.3, -0.25) is 0 Å². The molecule has 0 aliphatic carbocycles. The lowest BCUT2D eigenvalue weighted by Crippen LogP contribution is -1.91. The fraction of sp³-hybridized carbons (Fsp3) is 0.167. The standard InChI is InChI=1S/C12H11N3OS/c1-16-7-11-8-17-12(15-11)14-10-4-2-9(6-13)3-5-10/h2-5,8H,7H2,1H3,(H,14,15). The maximum atomic E-state index is 8.69. The smallest absolute Gasteiger partial charge is 0.187 e. The molecule has 0 amide bonds. The van der Waals surface area contributed by atoms with Gasteiger partial charge < -0.3 is 10.1 Å². The second kappa shape index (κ2) is 5.43. The van der Waals surface area contributed by atoms with Gasteiger partial charge in [0.25, 0.3) is 0 Å². The average molecular weight is 245 g/mol. The molecule has 17 heavy (non-hydrogen) atoms. The van der Waals surface area contributed by atoms with Crippen molar-refractivity contribution < 1.29 is 4.74 Å². The number of methoxy groups -OCH3 is 1. The fourth-order valence-electron chi connectivity index (χ4n) is 1.33. The number of hydrogen-bond donors (Lipinski definition) is 1. The average Bonchev–Trinajstić information content (AvgIpc) is 2.78. The summed E-state index contributed by atoms with van der Waals surface area (Å²) in [7, 11) is 1.65. The van der Waals surface area contributed by atoms with Gasteiger partial charge in [-0.15, -0.1) is 11.3 Å². The number of thiazole rings is 1. The van der Waals surface area contributed by atoms with Crippen molar-refractivity contribution in [3.63, 3.8) is 0 Å². The number of benzene rings is 1. The third-order valence-corrected chi connectivity index (χ3v) is 2.92. The van der Waals surface area contributed by atoms with Crippen LogP contribution in [0.1, 0.15) is 11.3 Å². The Labute approximate surface area is 103 Å². The van der Waals surface area contributed by atoms with E-state index in [9.17, 15) is 0 Å². The van der Waals surface area contributed by atoms with Gasteiger partial charge in [0, 0.05) is 18.2 Å². The van der Waals surface area contributed by atoms with E-state index in [0.29, 0.717) is 12.2 Å². The molecule has 0 unspecified atom stereocenters. The van der Waals surface area contributed by atoms with Crippen molar-refractivity contribution >= 4 is 22.2 Å². The molecule has 1 heterocycles. The van der Waals surface area contributed by atoms with E-state index in [1.807, 2.05) is 17.5 Å². The van der Waals surface area contributed by atoms with Crippen LogP contribution in [0.5, 0.6) is 0 Å². The molecule has 2 rings (SSSR count). The van der Waals surface area contributed by atoms with Crippen LogP contribution < -0.4 is 5.32 Å². The minimum atomic E-state index is 0.519. The lowest BCUT2D eigenvalue weighted by Gasteiger charge is -2.01. The number of nitrogens with one attached hydrogen (secondary N) is 1. The molecule has 0 saturated carbocycles. The molecule has 0 aliphatic heterocycles. The van der Waals surface area contributed by atoms with Crippen LogP contribution >= 0.6 is 11.3 Å². The second-order valence-electron chi connectivity index (χ2n) is 3.39. The van der Waals surface area contributed by atoms with Crippen molar-refractivity contribution in [1.29, 1.82) is 5.26 Å². The van der Waals surface area contributed by atoms with Crippen molar-refractivity contribution in [3.05, 3.63) is 40.9 Å². The number of rotatable bonds is 4. The molecule has 1 aromatic heterocycles. The molecule has 1 N–H and O–H groups in total. The Morgan fingerprint density at radius 1 is 1.41 bits per heavy atom. The van der Waals surface area contributed by atoms with Gasteiger partial charge in [-0.2, -0.15) is 5.26 Å². The summed E-state index contributed by atoms with van der Waals surface area (Å²) in [4.78, 5) is 4.36. The predicted molar refractivity (Wildman–Crippen MR) is 67.3 cm³/mol. The van der Waals surface area contributed by atoms with E-state index in [-0.39, 0.29) is 0 Å². The highest BCUT2D eigenvalue weighted by Crippen LogP contribution is 2.21. The highest BCUT2D eigenvalue weighted by Gasteiger charge is 2.01. The SMILES string of the molecule is COCc1csc(Nc2ccc(C#N)cc2)n1. The van der Waals surface area contributed by atoms with E-state index >= 15 is 0 Å². The van der Waals surface area contributed by atoms with Gasteiger partial charge in [0.2, 0.25) is 0 Å². The summed E-state index contributed by atoms with van der Waals surface area (Å²) in [5.74, 6) is 0. The summed E-state index contributed by atoms with van der Waals surface area (Å²) in [5, 5.41) is 14.6. The van der Waals surface area contributed by atoms with Gasteiger partial charge in [0.05, 0.1) is 23.9 Å². The zero-order chi connectivity index (χ0) is 12.1. The van der Waals surface area contributed by atoms with Crippen LogP contribution in [0.25, 0.3) is 0 Å². The number of nitriles is 1. The number of anilines is 2. The Hall–Kier alpha value is -1.90. The monoisotopic (exact) mass is 245 g/mol. The van der Waals surface area contributed by atoms with E-state index in [1.165, 1.54) is 11.3 Å². The number of ether oxygens (including phenoxy) is 1. The molecule has 2 aromatic rings. The van der Waals surface area contributed by atoms with Crippen LogP contribution in [-0.2, 0) is 11.3 Å². The first kappa shape index (κ1) is 11.6. The fourth-order valence-corrected chi connectivity index (χ4v) is 2.05. The summed E-state index contributed by atoms with van der Waals surface area (Å²) >= 11 is 1.53. The third kappa shape index (κ3) is 3.03. The molecule has 1 aromatic carbocycles. The highest BCUT2D eigenvalue weighted by atomic mass is 32.1. The zero-order valence-electron chi connectivity index (χ0n) is 9.30. The molecule has 5 heteroatoms. The van der Waals surface area contributed by atoms with Crippen LogP contribution in [0.4, 0.5) is 10.8 Å². The van der Waals surface area contributed by atoms with E-state index in [4.69, 9.17) is 10.00 Å². The molecule has 0 fully saturated rings. The van der Waals surface area contributed by atoms with Crippen molar-refractivity contribution in [2.24, 2.45) is 0 Å². The van der Waals surface area contributed by atoms with E-state index in [0.717, 1.165) is 16.5 Å². The normalized spacial score (nSPS) is 9.88. The van der Waals surface area contributed by atoms with E-state index < -0.39 is 0 Å². The maximum Gasteiger partial charge on any atom is 0.187 e. The topological polar surface area (TPSA) is 57.9 Å².